The lowest BCUT2D eigenvalue weighted by Gasteiger charge is -2.14. The maximum absolute atomic E-state index is 4.27. The first-order valence-corrected chi connectivity index (χ1v) is 6.27. The maximum atomic E-state index is 4.27. The normalized spacial score (nSPS) is 17.1. The molecule has 0 unspecified atom stereocenters. The van der Waals surface area contributed by atoms with E-state index in [1.54, 1.807) is 0 Å². The summed E-state index contributed by atoms with van der Waals surface area (Å²) in [6.07, 6.45) is 2.62. The predicted octanol–water partition coefficient (Wildman–Crippen LogP) is 2.10. The summed E-state index contributed by atoms with van der Waals surface area (Å²) in [6, 6.07) is 4.32. The molecular weight excluding hydrogens is 212 g/mol. The van der Waals surface area contributed by atoms with Gasteiger partial charge < -0.3 is 0 Å². The molecule has 0 spiro atoms. The van der Waals surface area contributed by atoms with Crippen LogP contribution in [0.3, 0.4) is 0 Å². The highest BCUT2D eigenvalue weighted by molar-refractivity contribution is 5.76. The third-order valence-electron chi connectivity index (χ3n) is 3.66. The van der Waals surface area contributed by atoms with E-state index in [4.69, 9.17) is 0 Å². The Kier molecular flexibility index (Phi) is 2.59. The molecule has 0 N–H and O–H groups in total. The first kappa shape index (κ1) is 10.7. The molecule has 0 aliphatic carbocycles. The van der Waals surface area contributed by atoms with Gasteiger partial charge >= 0.3 is 0 Å². The number of hydrogen-bond donors (Lipinski definition) is 0. The molecule has 0 amide bonds. The lowest BCUT2D eigenvalue weighted by atomic mass is 10.1. The number of likely N-dealkylation sites (tertiary alicyclic amines) is 1. The molecule has 0 bridgehead atoms. The fraction of sp³-hybridized carbons (Fsp3) is 0.538. The van der Waals surface area contributed by atoms with Crippen LogP contribution >= 0.6 is 0 Å². The fourth-order valence-corrected chi connectivity index (χ4v) is 2.44. The van der Waals surface area contributed by atoms with Crippen molar-refractivity contribution in [2.24, 2.45) is 0 Å². The van der Waals surface area contributed by atoms with E-state index in [1.165, 1.54) is 37.1 Å². The van der Waals surface area contributed by atoms with Crippen molar-refractivity contribution < 1.29 is 0 Å². The lowest BCUT2D eigenvalue weighted by Crippen LogP contribution is -2.23. The van der Waals surface area contributed by atoms with Gasteiger partial charge in [0.15, 0.2) is 0 Å². The minimum atomic E-state index is 0.874. The van der Waals surface area contributed by atoms with Gasteiger partial charge in [-0.05, 0) is 63.0 Å². The van der Waals surface area contributed by atoms with Gasteiger partial charge in [-0.25, -0.2) is 4.68 Å². The van der Waals surface area contributed by atoms with Crippen LogP contribution in [0.5, 0.6) is 0 Å². The van der Waals surface area contributed by atoms with E-state index < -0.39 is 0 Å². The second kappa shape index (κ2) is 4.11. The molecule has 0 atom stereocenters. The van der Waals surface area contributed by atoms with Gasteiger partial charge in [0.2, 0.25) is 0 Å². The second-order valence-corrected chi connectivity index (χ2v) is 4.98. The van der Waals surface area contributed by atoms with Gasteiger partial charge in [-0.15, -0.1) is 5.10 Å². The number of rotatable bonds is 2. The number of aromatic nitrogens is 3. The third-order valence-corrected chi connectivity index (χ3v) is 3.66. The molecule has 4 nitrogen and oxygen atoms in total. The summed E-state index contributed by atoms with van der Waals surface area (Å²) in [5.41, 5.74) is 4.75. The molecule has 1 aliphatic heterocycles. The van der Waals surface area contributed by atoms with Crippen LogP contribution in [0.4, 0.5) is 0 Å². The molecule has 0 saturated carbocycles. The summed E-state index contributed by atoms with van der Waals surface area (Å²) in [4.78, 5) is 2.43. The fourth-order valence-electron chi connectivity index (χ4n) is 2.44. The molecule has 1 aliphatic rings. The van der Waals surface area contributed by atoms with Crippen molar-refractivity contribution in [1.29, 1.82) is 0 Å². The molecule has 2 heterocycles. The predicted molar refractivity (Wildman–Crippen MR) is 67.8 cm³/mol. The van der Waals surface area contributed by atoms with Crippen LogP contribution < -0.4 is 0 Å². The van der Waals surface area contributed by atoms with Crippen molar-refractivity contribution in [3.63, 3.8) is 0 Å². The summed E-state index contributed by atoms with van der Waals surface area (Å²) < 4.78 is 2.02. The third kappa shape index (κ3) is 1.93. The lowest BCUT2D eigenvalue weighted by molar-refractivity contribution is 0.257. The van der Waals surface area contributed by atoms with Gasteiger partial charge in [0.1, 0.15) is 5.52 Å². The van der Waals surface area contributed by atoms with E-state index in [0.717, 1.165) is 17.7 Å². The Morgan fingerprint density at radius 3 is 2.59 bits per heavy atom. The highest BCUT2D eigenvalue weighted by Gasteiger charge is 2.14. The summed E-state index contributed by atoms with van der Waals surface area (Å²) >= 11 is 0. The molecule has 1 saturated heterocycles. The number of benzene rings is 1. The number of hydrogen-bond acceptors (Lipinski definition) is 3. The molecule has 17 heavy (non-hydrogen) atoms. The van der Waals surface area contributed by atoms with Crippen molar-refractivity contribution in [2.75, 3.05) is 13.1 Å². The molecule has 4 heteroatoms. The van der Waals surface area contributed by atoms with Gasteiger partial charge in [-0.2, -0.15) is 0 Å². The average molecular weight is 230 g/mol. The van der Waals surface area contributed by atoms with Crippen LogP contribution in [0.1, 0.15) is 24.0 Å². The van der Waals surface area contributed by atoms with Crippen LogP contribution in [-0.4, -0.2) is 33.0 Å². The van der Waals surface area contributed by atoms with Gasteiger partial charge in [-0.1, -0.05) is 5.21 Å². The van der Waals surface area contributed by atoms with E-state index in [2.05, 4.69) is 41.2 Å². The van der Waals surface area contributed by atoms with E-state index >= 15 is 0 Å². The molecule has 3 rings (SSSR count). The summed E-state index contributed by atoms with van der Waals surface area (Å²) in [6.45, 7) is 7.51. The molecule has 1 aromatic heterocycles. The van der Waals surface area contributed by atoms with Crippen molar-refractivity contribution in [3.8, 4) is 0 Å². The first-order valence-electron chi connectivity index (χ1n) is 6.27. The summed E-state index contributed by atoms with van der Waals surface area (Å²) in [7, 11) is 0. The van der Waals surface area contributed by atoms with Gasteiger partial charge in [-0.3, -0.25) is 4.90 Å². The van der Waals surface area contributed by atoms with E-state index in [0.29, 0.717) is 0 Å². The zero-order valence-electron chi connectivity index (χ0n) is 10.5. The highest BCUT2D eigenvalue weighted by atomic mass is 15.5. The van der Waals surface area contributed by atoms with E-state index in [1.807, 2.05) is 4.68 Å². The molecular formula is C13H18N4. The Labute approximate surface area is 101 Å². The Bertz CT molecular complexity index is 538. The van der Waals surface area contributed by atoms with Gasteiger partial charge in [0.25, 0.3) is 0 Å². The highest BCUT2D eigenvalue weighted by Crippen LogP contribution is 2.18. The monoisotopic (exact) mass is 230 g/mol. The minimum absolute atomic E-state index is 0.874. The van der Waals surface area contributed by atoms with Crippen molar-refractivity contribution >= 4 is 11.0 Å². The van der Waals surface area contributed by atoms with Gasteiger partial charge in [0, 0.05) is 0 Å². The Hall–Kier alpha value is -1.42. The number of nitrogens with zero attached hydrogens (tertiary/aromatic N) is 4. The zero-order chi connectivity index (χ0) is 11.8. The number of aryl methyl sites for hydroxylation is 2. The zero-order valence-corrected chi connectivity index (χ0v) is 10.5. The second-order valence-electron chi connectivity index (χ2n) is 4.98. The molecule has 1 aromatic carbocycles. The molecule has 1 fully saturated rings. The quantitative estimate of drug-likeness (QED) is 0.792. The van der Waals surface area contributed by atoms with Crippen molar-refractivity contribution in [1.82, 2.24) is 19.9 Å². The van der Waals surface area contributed by atoms with Crippen LogP contribution in [0.15, 0.2) is 12.1 Å². The van der Waals surface area contributed by atoms with Crippen LogP contribution in [0, 0.1) is 13.8 Å². The minimum Gasteiger partial charge on any atom is -0.284 e. The van der Waals surface area contributed by atoms with Crippen molar-refractivity contribution in [3.05, 3.63) is 23.3 Å². The smallest absolute Gasteiger partial charge is 0.113 e. The van der Waals surface area contributed by atoms with Crippen LogP contribution in [-0.2, 0) is 6.67 Å². The van der Waals surface area contributed by atoms with E-state index in [-0.39, 0.29) is 0 Å². The van der Waals surface area contributed by atoms with Crippen LogP contribution in [0.25, 0.3) is 11.0 Å². The first-order chi connectivity index (χ1) is 8.24. The Morgan fingerprint density at radius 1 is 1.12 bits per heavy atom. The van der Waals surface area contributed by atoms with Crippen LogP contribution in [0.2, 0.25) is 0 Å². The molecule has 2 aromatic rings. The maximum Gasteiger partial charge on any atom is 0.113 e. The largest absolute Gasteiger partial charge is 0.284 e. The Balaban J connectivity index is 1.96. The average Bonchev–Trinajstić information content (AvgIpc) is 2.92. The van der Waals surface area contributed by atoms with E-state index in [9.17, 15) is 0 Å². The Morgan fingerprint density at radius 2 is 1.82 bits per heavy atom. The molecule has 0 radical (unpaired) electrons. The molecule has 90 valence electrons. The van der Waals surface area contributed by atoms with Crippen molar-refractivity contribution in [2.45, 2.75) is 33.4 Å². The number of fused-ring (bicyclic) bond motifs is 1. The summed E-state index contributed by atoms with van der Waals surface area (Å²) in [5, 5.41) is 8.51. The topological polar surface area (TPSA) is 34.0 Å². The SMILES string of the molecule is Cc1cc2nnn(CN3CCCC3)c2cc1C. The van der Waals surface area contributed by atoms with Gasteiger partial charge in [0.05, 0.1) is 12.2 Å². The summed E-state index contributed by atoms with van der Waals surface area (Å²) in [5.74, 6) is 0. The standard InChI is InChI=1S/C13H18N4/c1-10-7-12-13(8-11(10)2)17(15-14-12)9-16-5-3-4-6-16/h7-8H,3-6,9H2,1-2H3.